The zero-order chi connectivity index (χ0) is 15.4. The van der Waals surface area contributed by atoms with E-state index in [4.69, 9.17) is 27.9 Å². The van der Waals surface area contributed by atoms with Crippen LogP contribution in [-0.2, 0) is 14.3 Å². The van der Waals surface area contributed by atoms with Crippen molar-refractivity contribution < 1.29 is 14.3 Å². The molecular weight excluding hydrogens is 282 g/mol. The summed E-state index contributed by atoms with van der Waals surface area (Å²) in [5.41, 5.74) is 7.87. The van der Waals surface area contributed by atoms with E-state index in [9.17, 15) is 9.59 Å². The fourth-order valence-electron chi connectivity index (χ4n) is 1.70. The van der Waals surface area contributed by atoms with Crippen molar-refractivity contribution in [3.8, 4) is 0 Å². The number of rotatable bonds is 12. The molecule has 0 aliphatic carbocycles. The van der Waals surface area contributed by atoms with Crippen molar-refractivity contribution >= 4 is 23.4 Å². The first-order chi connectivity index (χ1) is 9.52. The van der Waals surface area contributed by atoms with Gasteiger partial charge in [-0.3, -0.25) is 15.4 Å². The second kappa shape index (κ2) is 12.1. The van der Waals surface area contributed by atoms with Crippen molar-refractivity contribution in [1.29, 1.82) is 0 Å². The zero-order valence-corrected chi connectivity index (χ0v) is 12.8. The lowest BCUT2D eigenvalue weighted by Gasteiger charge is -2.16. The van der Waals surface area contributed by atoms with Crippen LogP contribution in [0.3, 0.4) is 0 Å². The van der Waals surface area contributed by atoms with E-state index in [0.29, 0.717) is 18.9 Å². The Morgan fingerprint density at radius 3 is 2.45 bits per heavy atom. The Labute approximate surface area is 125 Å². The lowest BCUT2D eigenvalue weighted by Crippen LogP contribution is -2.47. The number of esters is 1. The molecule has 0 amide bonds. The highest BCUT2D eigenvalue weighted by Crippen LogP contribution is 2.04. The molecule has 0 heterocycles. The summed E-state index contributed by atoms with van der Waals surface area (Å²) in [6.45, 7) is 1.99. The summed E-state index contributed by atoms with van der Waals surface area (Å²) < 4.78 is 5.07. The molecule has 2 atom stereocenters. The molecule has 1 unspecified atom stereocenters. The van der Waals surface area contributed by atoms with Crippen molar-refractivity contribution in [3.05, 3.63) is 0 Å². The van der Waals surface area contributed by atoms with Crippen molar-refractivity contribution in [2.24, 2.45) is 11.6 Å². The van der Waals surface area contributed by atoms with Crippen molar-refractivity contribution in [1.82, 2.24) is 5.43 Å². The van der Waals surface area contributed by atoms with E-state index in [0.717, 1.165) is 25.7 Å². The normalized spacial score (nSPS) is 13.8. The van der Waals surface area contributed by atoms with Crippen LogP contribution >= 0.6 is 11.6 Å². The van der Waals surface area contributed by atoms with Gasteiger partial charge in [0.05, 0.1) is 18.7 Å². The second-order valence-corrected chi connectivity index (χ2v) is 5.15. The van der Waals surface area contributed by atoms with Crippen LogP contribution in [0.4, 0.5) is 0 Å². The van der Waals surface area contributed by atoms with Crippen molar-refractivity contribution in [2.75, 3.05) is 12.5 Å². The molecule has 0 aliphatic heterocycles. The third-order valence-corrected chi connectivity index (χ3v) is 3.19. The molecule has 0 radical (unpaired) electrons. The maximum absolute atomic E-state index is 11.6. The summed E-state index contributed by atoms with van der Waals surface area (Å²) in [4.78, 5) is 23.1. The van der Waals surface area contributed by atoms with Gasteiger partial charge in [-0.25, -0.2) is 5.43 Å². The standard InChI is InChI=1S/C13H26ClN3O3/c1-10(15)13(19)11(17-16)6-7-12(18)20-9-5-3-2-4-8-14/h10-11,17H,2-9,15-16H2,1H3/t10?,11-/m0/s1. The number of hydrogen-bond acceptors (Lipinski definition) is 6. The Morgan fingerprint density at radius 1 is 1.25 bits per heavy atom. The molecule has 0 bridgehead atoms. The minimum Gasteiger partial charge on any atom is -0.466 e. The van der Waals surface area contributed by atoms with Crippen LogP contribution in [0.5, 0.6) is 0 Å². The van der Waals surface area contributed by atoms with Gasteiger partial charge in [0.1, 0.15) is 0 Å². The SMILES string of the molecule is CC(N)C(=O)[C@H](CCC(=O)OCCCCCCCl)NN. The summed E-state index contributed by atoms with van der Waals surface area (Å²) in [7, 11) is 0. The van der Waals surface area contributed by atoms with E-state index in [1.54, 1.807) is 6.92 Å². The number of ether oxygens (including phenoxy) is 1. The van der Waals surface area contributed by atoms with Gasteiger partial charge in [0.25, 0.3) is 0 Å². The van der Waals surface area contributed by atoms with Crippen LogP contribution in [0.1, 0.15) is 45.4 Å². The number of carbonyl (C=O) groups is 2. The topological polar surface area (TPSA) is 107 Å². The van der Waals surface area contributed by atoms with E-state index in [1.807, 2.05) is 0 Å². The second-order valence-electron chi connectivity index (χ2n) is 4.77. The van der Waals surface area contributed by atoms with Crippen LogP contribution in [0.15, 0.2) is 0 Å². The molecule has 0 saturated carbocycles. The van der Waals surface area contributed by atoms with Gasteiger partial charge < -0.3 is 10.5 Å². The maximum atomic E-state index is 11.6. The first-order valence-electron chi connectivity index (χ1n) is 7.00. The van der Waals surface area contributed by atoms with Gasteiger partial charge in [-0.1, -0.05) is 12.8 Å². The average molecular weight is 308 g/mol. The first-order valence-corrected chi connectivity index (χ1v) is 7.53. The van der Waals surface area contributed by atoms with E-state index >= 15 is 0 Å². The van der Waals surface area contributed by atoms with Gasteiger partial charge in [-0.15, -0.1) is 11.6 Å². The zero-order valence-electron chi connectivity index (χ0n) is 12.1. The van der Waals surface area contributed by atoms with Crippen LogP contribution in [0.2, 0.25) is 0 Å². The summed E-state index contributed by atoms with van der Waals surface area (Å²) in [5.74, 6) is 5.42. The molecule has 0 aromatic carbocycles. The summed E-state index contributed by atoms with van der Waals surface area (Å²) in [6, 6.07) is -1.21. The van der Waals surface area contributed by atoms with Crippen LogP contribution in [0, 0.1) is 0 Å². The summed E-state index contributed by atoms with van der Waals surface area (Å²) in [5, 5.41) is 0. The van der Waals surface area contributed by atoms with Gasteiger partial charge in [-0.2, -0.15) is 0 Å². The number of hydrazine groups is 1. The van der Waals surface area contributed by atoms with E-state index in [2.05, 4.69) is 5.43 Å². The molecule has 20 heavy (non-hydrogen) atoms. The lowest BCUT2D eigenvalue weighted by molar-refractivity contribution is -0.144. The third-order valence-electron chi connectivity index (χ3n) is 2.92. The lowest BCUT2D eigenvalue weighted by atomic mass is 10.0. The van der Waals surface area contributed by atoms with Crippen LogP contribution in [-0.4, -0.2) is 36.3 Å². The molecule has 0 aromatic rings. The highest BCUT2D eigenvalue weighted by atomic mass is 35.5. The molecule has 6 nitrogen and oxygen atoms in total. The quantitative estimate of drug-likeness (QED) is 0.162. The Bertz CT molecular complexity index is 288. The smallest absolute Gasteiger partial charge is 0.305 e. The molecule has 0 spiro atoms. The third kappa shape index (κ3) is 9.25. The van der Waals surface area contributed by atoms with E-state index < -0.39 is 12.1 Å². The minimum absolute atomic E-state index is 0.148. The predicted octanol–water partition coefficient (Wildman–Crippen LogP) is 0.857. The fraction of sp³-hybridized carbons (Fsp3) is 0.846. The minimum atomic E-state index is -0.605. The van der Waals surface area contributed by atoms with Crippen molar-refractivity contribution in [2.45, 2.75) is 57.5 Å². The van der Waals surface area contributed by atoms with Crippen molar-refractivity contribution in [3.63, 3.8) is 0 Å². The van der Waals surface area contributed by atoms with E-state index in [1.165, 1.54) is 0 Å². The first kappa shape index (κ1) is 19.3. The molecule has 0 rings (SSSR count). The number of carbonyl (C=O) groups excluding carboxylic acids is 2. The molecule has 0 aromatic heterocycles. The maximum Gasteiger partial charge on any atom is 0.305 e. The molecule has 0 aliphatic rings. The molecule has 7 heteroatoms. The number of halogens is 1. The Morgan fingerprint density at radius 2 is 1.90 bits per heavy atom. The average Bonchev–Trinajstić information content (AvgIpc) is 2.42. The summed E-state index contributed by atoms with van der Waals surface area (Å²) >= 11 is 5.56. The molecule has 118 valence electrons. The number of nitrogens with two attached hydrogens (primary N) is 2. The number of ketones is 1. The Balaban J connectivity index is 3.72. The highest BCUT2D eigenvalue weighted by Gasteiger charge is 2.21. The largest absolute Gasteiger partial charge is 0.466 e. The predicted molar refractivity (Wildman–Crippen MR) is 79.1 cm³/mol. The van der Waals surface area contributed by atoms with Gasteiger partial charge in [-0.05, 0) is 26.2 Å². The number of alkyl halides is 1. The van der Waals surface area contributed by atoms with E-state index in [-0.39, 0.29) is 18.2 Å². The Kier molecular flexibility index (Phi) is 11.7. The molecular formula is C13H26ClN3O3. The molecule has 0 saturated heterocycles. The molecule has 0 fully saturated rings. The number of Topliss-reactive ketones (excluding diaryl/α,β-unsaturated/α-hetero) is 1. The fourth-order valence-corrected chi connectivity index (χ4v) is 1.88. The van der Waals surface area contributed by atoms with Gasteiger partial charge in [0.2, 0.25) is 0 Å². The van der Waals surface area contributed by atoms with Crippen LogP contribution in [0.25, 0.3) is 0 Å². The Hall–Kier alpha value is -0.690. The van der Waals surface area contributed by atoms with Gasteiger partial charge in [0, 0.05) is 12.3 Å². The monoisotopic (exact) mass is 307 g/mol. The number of hydrogen-bond donors (Lipinski definition) is 3. The van der Waals surface area contributed by atoms with Crippen LogP contribution < -0.4 is 17.0 Å². The summed E-state index contributed by atoms with van der Waals surface area (Å²) in [6.07, 6.45) is 4.30. The highest BCUT2D eigenvalue weighted by molar-refractivity contribution is 6.17. The molecule has 5 N–H and O–H groups in total. The number of nitrogens with one attached hydrogen (secondary N) is 1. The number of unbranched alkanes of at least 4 members (excludes halogenated alkanes) is 3. The van der Waals surface area contributed by atoms with Gasteiger partial charge in [0.15, 0.2) is 5.78 Å². The van der Waals surface area contributed by atoms with Gasteiger partial charge >= 0.3 is 5.97 Å².